The molecule has 0 saturated heterocycles. The van der Waals surface area contributed by atoms with Gasteiger partial charge in [-0.2, -0.15) is 0 Å². The molecule has 0 aliphatic heterocycles. The second-order valence-electron chi connectivity index (χ2n) is 6.80. The first-order valence-electron chi connectivity index (χ1n) is 10.0. The average molecular weight is 356 g/mol. The molecule has 7 nitrogen and oxygen atoms in total. The molecule has 0 aliphatic rings. The number of nitrogens with one attached hydrogen (secondary N) is 4. The zero-order valence-corrected chi connectivity index (χ0v) is 16.2. The van der Waals surface area contributed by atoms with Gasteiger partial charge in [0.05, 0.1) is 0 Å². The molecule has 0 spiro atoms. The maximum Gasteiger partial charge on any atom is 0.202 e. The summed E-state index contributed by atoms with van der Waals surface area (Å²) in [5, 5.41) is 15.9. The lowest BCUT2D eigenvalue weighted by molar-refractivity contribution is 0.187. The summed E-state index contributed by atoms with van der Waals surface area (Å²) >= 11 is 0. The molecule has 0 atom stereocenters. The molecular weight excluding hydrogens is 314 g/mol. The van der Waals surface area contributed by atoms with Crippen molar-refractivity contribution in [2.45, 2.75) is 96.8 Å². The highest BCUT2D eigenvalue weighted by Gasteiger charge is 2.04. The minimum atomic E-state index is -0.167. The molecule has 0 aliphatic carbocycles. The van der Waals surface area contributed by atoms with Crippen LogP contribution in [0.2, 0.25) is 0 Å². The SMILES string of the molecule is CCCCCCCCCCCCCCCCN(NC(=N)N)NC(=N)N. The highest BCUT2D eigenvalue weighted by Crippen LogP contribution is 2.12. The molecule has 8 N–H and O–H groups in total. The van der Waals surface area contributed by atoms with Gasteiger partial charge in [-0.25, -0.2) is 0 Å². The second-order valence-corrected chi connectivity index (χ2v) is 6.80. The fraction of sp³-hybridized carbons (Fsp3) is 0.889. The molecule has 0 aromatic heterocycles. The van der Waals surface area contributed by atoms with E-state index >= 15 is 0 Å². The van der Waals surface area contributed by atoms with Crippen LogP contribution in [-0.2, 0) is 0 Å². The van der Waals surface area contributed by atoms with Gasteiger partial charge in [-0.3, -0.25) is 21.7 Å². The van der Waals surface area contributed by atoms with Crippen LogP contribution in [-0.4, -0.2) is 23.6 Å². The Kier molecular flexibility index (Phi) is 16.3. The largest absolute Gasteiger partial charge is 0.369 e. The van der Waals surface area contributed by atoms with Gasteiger partial charge in [-0.15, -0.1) is 5.12 Å². The topological polar surface area (TPSA) is 127 Å². The molecule has 0 radical (unpaired) electrons. The normalized spacial score (nSPS) is 10.8. The Hall–Kier alpha value is -1.50. The molecule has 0 aromatic rings. The quantitative estimate of drug-likeness (QED) is 0.103. The van der Waals surface area contributed by atoms with Crippen molar-refractivity contribution in [3.05, 3.63) is 0 Å². The lowest BCUT2D eigenvalue weighted by Crippen LogP contribution is -2.56. The summed E-state index contributed by atoms with van der Waals surface area (Å²) in [6.45, 7) is 2.92. The van der Waals surface area contributed by atoms with E-state index in [0.29, 0.717) is 6.54 Å². The van der Waals surface area contributed by atoms with Crippen molar-refractivity contribution >= 4 is 11.9 Å². The third-order valence-electron chi connectivity index (χ3n) is 4.25. The molecule has 148 valence electrons. The van der Waals surface area contributed by atoms with Crippen LogP contribution in [0.4, 0.5) is 0 Å². The average Bonchev–Trinajstić information content (AvgIpc) is 2.54. The van der Waals surface area contributed by atoms with Gasteiger partial charge in [0.25, 0.3) is 0 Å². The Bertz CT molecular complexity index is 317. The van der Waals surface area contributed by atoms with Gasteiger partial charge in [0.15, 0.2) is 0 Å². The van der Waals surface area contributed by atoms with Crippen LogP contribution in [0.5, 0.6) is 0 Å². The summed E-state index contributed by atoms with van der Waals surface area (Å²) < 4.78 is 0. The van der Waals surface area contributed by atoms with E-state index in [1.807, 2.05) is 0 Å². The van der Waals surface area contributed by atoms with Gasteiger partial charge in [0.2, 0.25) is 11.9 Å². The third-order valence-corrected chi connectivity index (χ3v) is 4.25. The van der Waals surface area contributed by atoms with E-state index in [1.165, 1.54) is 82.2 Å². The second kappa shape index (κ2) is 17.3. The Morgan fingerprint density at radius 2 is 0.960 bits per heavy atom. The molecule has 7 heteroatoms. The molecule has 0 amide bonds. The van der Waals surface area contributed by atoms with Crippen molar-refractivity contribution in [1.82, 2.24) is 16.0 Å². The molecule has 0 aromatic carbocycles. The third kappa shape index (κ3) is 18.7. The fourth-order valence-corrected chi connectivity index (χ4v) is 2.90. The van der Waals surface area contributed by atoms with Crippen LogP contribution in [0.1, 0.15) is 96.8 Å². The van der Waals surface area contributed by atoms with Gasteiger partial charge in [0, 0.05) is 6.54 Å². The lowest BCUT2D eigenvalue weighted by atomic mass is 10.0. The minimum Gasteiger partial charge on any atom is -0.369 e. The zero-order chi connectivity index (χ0) is 18.8. The van der Waals surface area contributed by atoms with E-state index in [9.17, 15) is 0 Å². The van der Waals surface area contributed by atoms with Crippen LogP contribution < -0.4 is 22.3 Å². The molecule has 0 unspecified atom stereocenters. The van der Waals surface area contributed by atoms with Crippen molar-refractivity contribution in [1.29, 1.82) is 10.8 Å². The van der Waals surface area contributed by atoms with Crippen LogP contribution in [0.3, 0.4) is 0 Å². The predicted molar refractivity (Wildman–Crippen MR) is 107 cm³/mol. The summed E-state index contributed by atoms with van der Waals surface area (Å²) in [5.74, 6) is -0.335. The summed E-state index contributed by atoms with van der Waals surface area (Å²) in [4.78, 5) is 0. The van der Waals surface area contributed by atoms with E-state index < -0.39 is 0 Å². The fourth-order valence-electron chi connectivity index (χ4n) is 2.90. The highest BCUT2D eigenvalue weighted by molar-refractivity contribution is 5.75. The van der Waals surface area contributed by atoms with Crippen molar-refractivity contribution < 1.29 is 0 Å². The standard InChI is InChI=1S/C18H41N7/c1-2-3-4-5-6-7-8-9-10-11-12-13-14-15-16-25(23-17(19)20)24-18(21)22/h2-16H2,1H3,(H4,19,20,23)(H4,21,22,24). The number of unbranched alkanes of at least 4 members (excludes halogenated alkanes) is 13. The maximum atomic E-state index is 7.23. The van der Waals surface area contributed by atoms with E-state index in [2.05, 4.69) is 17.8 Å². The first-order chi connectivity index (χ1) is 12.1. The zero-order valence-electron chi connectivity index (χ0n) is 16.2. The Labute approximate surface area is 154 Å². The molecule has 0 bridgehead atoms. The van der Waals surface area contributed by atoms with E-state index in [4.69, 9.17) is 22.3 Å². The minimum absolute atomic E-state index is 0.167. The Morgan fingerprint density at radius 3 is 1.28 bits per heavy atom. The first kappa shape index (κ1) is 23.5. The number of hydrazine groups is 2. The summed E-state index contributed by atoms with van der Waals surface area (Å²) in [6.07, 6.45) is 18.5. The van der Waals surface area contributed by atoms with E-state index in [1.54, 1.807) is 0 Å². The van der Waals surface area contributed by atoms with Gasteiger partial charge < -0.3 is 11.5 Å². The van der Waals surface area contributed by atoms with Crippen LogP contribution in [0, 0.1) is 10.8 Å². The first-order valence-corrected chi connectivity index (χ1v) is 10.0. The molecule has 0 rings (SSSR count). The van der Waals surface area contributed by atoms with Crippen molar-refractivity contribution in [3.63, 3.8) is 0 Å². The van der Waals surface area contributed by atoms with Crippen molar-refractivity contribution in [3.8, 4) is 0 Å². The number of hydrogen-bond acceptors (Lipinski definition) is 3. The van der Waals surface area contributed by atoms with E-state index in [0.717, 1.165) is 12.8 Å². The van der Waals surface area contributed by atoms with Gasteiger partial charge in [-0.05, 0) is 6.42 Å². The van der Waals surface area contributed by atoms with Crippen LogP contribution in [0.25, 0.3) is 0 Å². The molecule has 0 heterocycles. The van der Waals surface area contributed by atoms with Crippen LogP contribution >= 0.6 is 0 Å². The van der Waals surface area contributed by atoms with Crippen LogP contribution in [0.15, 0.2) is 0 Å². The van der Waals surface area contributed by atoms with Gasteiger partial charge in [-0.1, -0.05) is 90.4 Å². The lowest BCUT2D eigenvalue weighted by Gasteiger charge is -2.23. The monoisotopic (exact) mass is 355 g/mol. The predicted octanol–water partition coefficient (Wildman–Crippen LogP) is 3.57. The molecule has 25 heavy (non-hydrogen) atoms. The molecule has 0 fully saturated rings. The number of rotatable bonds is 17. The van der Waals surface area contributed by atoms with E-state index in [-0.39, 0.29) is 11.9 Å². The number of guanidine groups is 2. The number of hydrogen-bond donors (Lipinski definition) is 6. The van der Waals surface area contributed by atoms with Crippen molar-refractivity contribution in [2.75, 3.05) is 6.54 Å². The Morgan fingerprint density at radius 1 is 0.640 bits per heavy atom. The number of nitrogens with two attached hydrogens (primary N) is 2. The van der Waals surface area contributed by atoms with Crippen molar-refractivity contribution in [2.24, 2.45) is 11.5 Å². The van der Waals surface area contributed by atoms with Gasteiger partial charge in [0.1, 0.15) is 0 Å². The number of nitrogens with zero attached hydrogens (tertiary/aromatic N) is 1. The van der Waals surface area contributed by atoms with Gasteiger partial charge >= 0.3 is 0 Å². The molecule has 0 saturated carbocycles. The summed E-state index contributed by atoms with van der Waals surface area (Å²) in [5.41, 5.74) is 15.8. The maximum absolute atomic E-state index is 7.23. The molecular formula is C18H41N7. The Balaban J connectivity index is 3.36. The smallest absolute Gasteiger partial charge is 0.202 e. The summed E-state index contributed by atoms with van der Waals surface area (Å²) in [6, 6.07) is 0. The summed E-state index contributed by atoms with van der Waals surface area (Å²) in [7, 11) is 0. The highest BCUT2D eigenvalue weighted by atomic mass is 15.7.